The summed E-state index contributed by atoms with van der Waals surface area (Å²) in [5.74, 6) is -0.0661. The number of aromatic nitrogens is 1. The van der Waals surface area contributed by atoms with Gasteiger partial charge in [-0.25, -0.2) is 4.98 Å². The Balaban J connectivity index is 1.57. The third-order valence-corrected chi connectivity index (χ3v) is 5.12. The van der Waals surface area contributed by atoms with E-state index in [1.807, 2.05) is 30.3 Å². The Morgan fingerprint density at radius 2 is 2.22 bits per heavy atom. The average molecular weight is 347 g/mol. The van der Waals surface area contributed by atoms with Crippen molar-refractivity contribution in [2.24, 2.45) is 0 Å². The lowest BCUT2D eigenvalue weighted by Crippen LogP contribution is -2.32. The van der Waals surface area contributed by atoms with Crippen molar-refractivity contribution in [1.29, 1.82) is 0 Å². The van der Waals surface area contributed by atoms with E-state index in [1.54, 1.807) is 12.3 Å². The summed E-state index contributed by atoms with van der Waals surface area (Å²) >= 11 is 7.29. The van der Waals surface area contributed by atoms with E-state index in [1.165, 1.54) is 11.8 Å². The molecule has 23 heavy (non-hydrogen) atoms. The van der Waals surface area contributed by atoms with Crippen molar-refractivity contribution in [3.63, 3.8) is 0 Å². The molecule has 6 heteroatoms. The first-order valence-electron chi connectivity index (χ1n) is 7.26. The molecule has 2 heterocycles. The first kappa shape index (κ1) is 16.0. The van der Waals surface area contributed by atoms with Gasteiger partial charge in [0.25, 0.3) is 0 Å². The van der Waals surface area contributed by atoms with Crippen molar-refractivity contribution in [3.05, 3.63) is 58.7 Å². The number of pyridine rings is 1. The van der Waals surface area contributed by atoms with Crippen molar-refractivity contribution < 1.29 is 9.59 Å². The molecule has 0 saturated heterocycles. The zero-order chi connectivity index (χ0) is 16.2. The fraction of sp³-hybridized carbons (Fsp3) is 0.235. The van der Waals surface area contributed by atoms with Crippen LogP contribution in [0.3, 0.4) is 0 Å². The van der Waals surface area contributed by atoms with E-state index in [0.717, 1.165) is 16.2 Å². The Morgan fingerprint density at radius 1 is 1.35 bits per heavy atom. The summed E-state index contributed by atoms with van der Waals surface area (Å²) in [7, 11) is 0. The smallest absolute Gasteiger partial charge is 0.221 e. The second-order valence-electron chi connectivity index (χ2n) is 5.33. The molecule has 0 spiro atoms. The molecule has 0 aliphatic carbocycles. The molecule has 0 radical (unpaired) electrons. The first-order chi connectivity index (χ1) is 11.1. The Morgan fingerprint density at radius 3 is 3.04 bits per heavy atom. The molecule has 1 aliphatic rings. The number of hydrogen-bond donors (Lipinski definition) is 1. The van der Waals surface area contributed by atoms with Gasteiger partial charge in [0.1, 0.15) is 5.03 Å². The molecular formula is C17H15ClN2O2S. The molecule has 0 saturated carbocycles. The molecule has 1 aromatic carbocycles. The lowest BCUT2D eigenvalue weighted by Gasteiger charge is -2.21. The van der Waals surface area contributed by atoms with Gasteiger partial charge >= 0.3 is 0 Å². The van der Waals surface area contributed by atoms with Crippen LogP contribution in [0.1, 0.15) is 17.5 Å². The number of rotatable bonds is 4. The normalized spacial score (nSPS) is 16.7. The molecule has 1 atom stereocenters. The number of nitrogens with zero attached hydrogens (tertiary/aromatic N) is 1. The number of Topliss-reactive ketones (excluding diaryl/α,β-unsaturated/α-hetero) is 1. The minimum absolute atomic E-state index is 0.0772. The number of nitrogens with one attached hydrogen (secondary N) is 1. The molecule has 0 bridgehead atoms. The van der Waals surface area contributed by atoms with Crippen molar-refractivity contribution in [1.82, 2.24) is 10.3 Å². The fourth-order valence-corrected chi connectivity index (χ4v) is 3.76. The number of hydrogen-bond acceptors (Lipinski definition) is 4. The highest BCUT2D eigenvalue weighted by atomic mass is 35.5. The number of benzene rings is 1. The standard InChI is InChI=1S/C17H15ClN2O2S/c18-13-5-1-3-11(7-13)10-20-16(22)9-15-14(21)8-12-4-2-6-19-17(12)23-15/h1-7,15H,8-10H2,(H,20,22). The lowest BCUT2D eigenvalue weighted by molar-refractivity contribution is -0.125. The number of fused-ring (bicyclic) bond motifs is 1. The van der Waals surface area contributed by atoms with Gasteiger partial charge in [-0.15, -0.1) is 0 Å². The van der Waals surface area contributed by atoms with Gasteiger partial charge in [-0.2, -0.15) is 0 Å². The maximum Gasteiger partial charge on any atom is 0.221 e. The van der Waals surface area contributed by atoms with Crippen LogP contribution in [0.5, 0.6) is 0 Å². The van der Waals surface area contributed by atoms with Crippen LogP contribution < -0.4 is 5.32 Å². The van der Waals surface area contributed by atoms with Crippen molar-refractivity contribution >= 4 is 35.1 Å². The first-order valence-corrected chi connectivity index (χ1v) is 8.52. The van der Waals surface area contributed by atoms with E-state index < -0.39 is 0 Å². The van der Waals surface area contributed by atoms with Gasteiger partial charge in [0.15, 0.2) is 5.78 Å². The maximum atomic E-state index is 12.2. The highest BCUT2D eigenvalue weighted by Gasteiger charge is 2.29. The third-order valence-electron chi connectivity index (χ3n) is 3.58. The van der Waals surface area contributed by atoms with Gasteiger partial charge in [-0.3, -0.25) is 9.59 Å². The van der Waals surface area contributed by atoms with E-state index in [9.17, 15) is 9.59 Å². The van der Waals surface area contributed by atoms with Gasteiger partial charge in [0.05, 0.1) is 5.25 Å². The third kappa shape index (κ3) is 4.12. The molecule has 1 N–H and O–H groups in total. The van der Waals surface area contributed by atoms with Crippen molar-refractivity contribution in [2.45, 2.75) is 29.7 Å². The van der Waals surface area contributed by atoms with E-state index in [2.05, 4.69) is 10.3 Å². The van der Waals surface area contributed by atoms with E-state index in [4.69, 9.17) is 11.6 Å². The molecule has 3 rings (SSSR count). The largest absolute Gasteiger partial charge is 0.352 e. The predicted molar refractivity (Wildman–Crippen MR) is 90.5 cm³/mol. The highest BCUT2D eigenvalue weighted by molar-refractivity contribution is 8.00. The SMILES string of the molecule is O=C(CC1Sc2ncccc2CC1=O)NCc1cccc(Cl)c1. The van der Waals surface area contributed by atoms with Crippen LogP contribution in [0.15, 0.2) is 47.6 Å². The van der Waals surface area contributed by atoms with Crippen LogP contribution >= 0.6 is 23.4 Å². The van der Waals surface area contributed by atoms with Crippen molar-refractivity contribution in [2.75, 3.05) is 0 Å². The Labute approximate surface area is 143 Å². The minimum Gasteiger partial charge on any atom is -0.352 e. The minimum atomic E-state index is -0.364. The van der Waals surface area contributed by atoms with E-state index >= 15 is 0 Å². The Hall–Kier alpha value is -1.85. The van der Waals surface area contributed by atoms with Crippen LogP contribution in [-0.2, 0) is 22.6 Å². The second-order valence-corrected chi connectivity index (χ2v) is 6.96. The van der Waals surface area contributed by atoms with Crippen LogP contribution in [0, 0.1) is 0 Å². The number of carbonyl (C=O) groups excluding carboxylic acids is 2. The summed E-state index contributed by atoms with van der Waals surface area (Å²) in [6.45, 7) is 0.403. The molecule has 1 aromatic heterocycles. The number of carbonyl (C=O) groups is 2. The summed E-state index contributed by atoms with van der Waals surface area (Å²) in [4.78, 5) is 28.5. The van der Waals surface area contributed by atoms with Gasteiger partial charge in [-0.1, -0.05) is 41.6 Å². The Bertz CT molecular complexity index is 751. The zero-order valence-electron chi connectivity index (χ0n) is 12.3. The molecular weight excluding hydrogens is 332 g/mol. The number of amides is 1. The highest BCUT2D eigenvalue weighted by Crippen LogP contribution is 2.33. The summed E-state index contributed by atoms with van der Waals surface area (Å²) in [5, 5.41) is 3.95. The molecule has 1 aliphatic heterocycles. The number of ketones is 1. The van der Waals surface area contributed by atoms with Crippen LogP contribution in [0.2, 0.25) is 5.02 Å². The monoisotopic (exact) mass is 346 g/mol. The van der Waals surface area contributed by atoms with Crippen molar-refractivity contribution in [3.8, 4) is 0 Å². The van der Waals surface area contributed by atoms with Crippen LogP contribution in [0.25, 0.3) is 0 Å². The lowest BCUT2D eigenvalue weighted by atomic mass is 10.1. The summed E-state index contributed by atoms with van der Waals surface area (Å²) < 4.78 is 0. The molecule has 2 aromatic rings. The zero-order valence-corrected chi connectivity index (χ0v) is 13.9. The van der Waals surface area contributed by atoms with Gasteiger partial charge < -0.3 is 5.32 Å². The summed E-state index contributed by atoms with van der Waals surface area (Å²) in [6.07, 6.45) is 2.22. The second kappa shape index (κ2) is 7.15. The average Bonchev–Trinajstić information content (AvgIpc) is 2.54. The molecule has 4 nitrogen and oxygen atoms in total. The maximum absolute atomic E-state index is 12.2. The van der Waals surface area contributed by atoms with Gasteiger partial charge in [0, 0.05) is 30.6 Å². The summed E-state index contributed by atoms with van der Waals surface area (Å²) in [6, 6.07) is 11.1. The van der Waals surface area contributed by atoms with Gasteiger partial charge in [0.2, 0.25) is 5.91 Å². The van der Waals surface area contributed by atoms with Crippen LogP contribution in [0.4, 0.5) is 0 Å². The topological polar surface area (TPSA) is 59.1 Å². The molecule has 1 amide bonds. The quantitative estimate of drug-likeness (QED) is 0.924. The van der Waals surface area contributed by atoms with Crippen LogP contribution in [-0.4, -0.2) is 21.9 Å². The predicted octanol–water partition coefficient (Wildman–Crippen LogP) is 3.03. The fourth-order valence-electron chi connectivity index (χ4n) is 2.41. The number of thioether (sulfide) groups is 1. The molecule has 118 valence electrons. The molecule has 0 fully saturated rings. The number of halogens is 1. The van der Waals surface area contributed by atoms with E-state index in [-0.39, 0.29) is 23.4 Å². The Kier molecular flexibility index (Phi) is 4.98. The summed E-state index contributed by atoms with van der Waals surface area (Å²) in [5.41, 5.74) is 1.87. The van der Waals surface area contributed by atoms with Gasteiger partial charge in [-0.05, 0) is 29.3 Å². The molecule has 1 unspecified atom stereocenters. The van der Waals surface area contributed by atoms with E-state index in [0.29, 0.717) is 18.0 Å².